The summed E-state index contributed by atoms with van der Waals surface area (Å²) in [6.45, 7) is 2.21. The number of anilines is 1. The second-order valence-electron chi connectivity index (χ2n) is 6.52. The van der Waals surface area contributed by atoms with Gasteiger partial charge in [-0.15, -0.1) is 11.3 Å². The van der Waals surface area contributed by atoms with Crippen molar-refractivity contribution in [3.63, 3.8) is 0 Å². The summed E-state index contributed by atoms with van der Waals surface area (Å²) < 4.78 is 0. The number of hydrogen-bond donors (Lipinski definition) is 2. The van der Waals surface area contributed by atoms with E-state index in [4.69, 9.17) is 0 Å². The minimum Gasteiger partial charge on any atom is -0.353 e. The molecule has 2 aliphatic rings. The van der Waals surface area contributed by atoms with Gasteiger partial charge in [-0.2, -0.15) is 0 Å². The summed E-state index contributed by atoms with van der Waals surface area (Å²) in [6, 6.07) is 0.300. The maximum atomic E-state index is 12.1. The van der Waals surface area contributed by atoms with Crippen molar-refractivity contribution in [2.75, 3.05) is 5.32 Å². The highest BCUT2D eigenvalue weighted by Gasteiger charge is 2.30. The quantitative estimate of drug-likeness (QED) is 0.876. The van der Waals surface area contributed by atoms with Gasteiger partial charge in [0.05, 0.1) is 12.1 Å². The van der Waals surface area contributed by atoms with E-state index in [0.29, 0.717) is 23.5 Å². The van der Waals surface area contributed by atoms with Crippen molar-refractivity contribution in [1.82, 2.24) is 10.3 Å². The Morgan fingerprint density at radius 2 is 2.05 bits per heavy atom. The van der Waals surface area contributed by atoms with E-state index in [2.05, 4.69) is 22.5 Å². The summed E-state index contributed by atoms with van der Waals surface area (Å²) in [5.41, 5.74) is 0.733. The first-order valence-corrected chi connectivity index (χ1v) is 9.04. The summed E-state index contributed by atoms with van der Waals surface area (Å²) in [4.78, 5) is 28.2. The van der Waals surface area contributed by atoms with Crippen LogP contribution in [0.25, 0.3) is 0 Å². The molecule has 1 aromatic rings. The summed E-state index contributed by atoms with van der Waals surface area (Å²) >= 11 is 1.39. The molecular formula is C16H23N3O2S. The molecule has 2 aliphatic carbocycles. The number of thiazole rings is 1. The van der Waals surface area contributed by atoms with E-state index in [1.165, 1.54) is 30.6 Å². The van der Waals surface area contributed by atoms with Crippen LogP contribution in [0.4, 0.5) is 5.13 Å². The summed E-state index contributed by atoms with van der Waals surface area (Å²) in [5, 5.41) is 8.41. The van der Waals surface area contributed by atoms with E-state index in [-0.39, 0.29) is 17.7 Å². The fraction of sp³-hybridized carbons (Fsp3) is 0.688. The van der Waals surface area contributed by atoms with Gasteiger partial charge in [0.25, 0.3) is 0 Å². The molecule has 2 saturated carbocycles. The van der Waals surface area contributed by atoms with Crippen LogP contribution < -0.4 is 10.6 Å². The van der Waals surface area contributed by atoms with E-state index in [1.54, 1.807) is 0 Å². The van der Waals surface area contributed by atoms with Gasteiger partial charge >= 0.3 is 0 Å². The van der Waals surface area contributed by atoms with Crippen LogP contribution in [-0.4, -0.2) is 22.8 Å². The van der Waals surface area contributed by atoms with Crippen LogP contribution in [0.3, 0.4) is 0 Å². The molecule has 120 valence electrons. The standard InChI is InChI=1S/C16H23N3O2S/c1-10-4-2-3-5-13(10)18-14(20)8-12-9-22-16(17-12)19-15(21)11-6-7-11/h9-11,13H,2-8H2,1H3,(H,18,20)(H,17,19,21)/t10-,13+/m1/s1. The van der Waals surface area contributed by atoms with Gasteiger partial charge in [0.15, 0.2) is 5.13 Å². The van der Waals surface area contributed by atoms with Gasteiger partial charge in [-0.3, -0.25) is 9.59 Å². The molecular weight excluding hydrogens is 298 g/mol. The van der Waals surface area contributed by atoms with Crippen LogP contribution in [0, 0.1) is 11.8 Å². The lowest BCUT2D eigenvalue weighted by atomic mass is 9.86. The van der Waals surface area contributed by atoms with E-state index < -0.39 is 0 Å². The molecule has 0 bridgehead atoms. The highest BCUT2D eigenvalue weighted by molar-refractivity contribution is 7.13. The van der Waals surface area contributed by atoms with Crippen molar-refractivity contribution in [1.29, 1.82) is 0 Å². The zero-order valence-electron chi connectivity index (χ0n) is 12.9. The smallest absolute Gasteiger partial charge is 0.229 e. The number of nitrogens with zero attached hydrogens (tertiary/aromatic N) is 1. The van der Waals surface area contributed by atoms with Crippen LogP contribution in [0.15, 0.2) is 5.38 Å². The number of carbonyl (C=O) groups is 2. The molecule has 2 atom stereocenters. The van der Waals surface area contributed by atoms with Crippen LogP contribution >= 0.6 is 11.3 Å². The molecule has 1 heterocycles. The Labute approximate surface area is 134 Å². The zero-order chi connectivity index (χ0) is 15.5. The number of amides is 2. The van der Waals surface area contributed by atoms with Gasteiger partial charge in [0, 0.05) is 17.3 Å². The van der Waals surface area contributed by atoms with Crippen molar-refractivity contribution < 1.29 is 9.59 Å². The Morgan fingerprint density at radius 1 is 1.27 bits per heavy atom. The van der Waals surface area contributed by atoms with Crippen LogP contribution in [0.2, 0.25) is 0 Å². The molecule has 2 fully saturated rings. The maximum Gasteiger partial charge on any atom is 0.229 e. The molecule has 5 nitrogen and oxygen atoms in total. The molecule has 0 unspecified atom stereocenters. The van der Waals surface area contributed by atoms with Crippen molar-refractivity contribution in [2.45, 2.75) is 57.9 Å². The number of carbonyl (C=O) groups excluding carboxylic acids is 2. The zero-order valence-corrected chi connectivity index (χ0v) is 13.7. The summed E-state index contributed by atoms with van der Waals surface area (Å²) in [7, 11) is 0. The third-order valence-electron chi connectivity index (χ3n) is 4.53. The molecule has 0 aliphatic heterocycles. The second kappa shape index (κ2) is 6.77. The summed E-state index contributed by atoms with van der Waals surface area (Å²) in [6.07, 6.45) is 6.98. The van der Waals surface area contributed by atoms with Crippen LogP contribution in [0.5, 0.6) is 0 Å². The molecule has 0 spiro atoms. The molecule has 0 saturated heterocycles. The number of rotatable bonds is 5. The monoisotopic (exact) mass is 321 g/mol. The number of hydrogen-bond acceptors (Lipinski definition) is 4. The highest BCUT2D eigenvalue weighted by atomic mass is 32.1. The average molecular weight is 321 g/mol. The Morgan fingerprint density at radius 3 is 2.77 bits per heavy atom. The van der Waals surface area contributed by atoms with Gasteiger partial charge in [0.1, 0.15) is 0 Å². The summed E-state index contributed by atoms with van der Waals surface area (Å²) in [5.74, 6) is 0.815. The topological polar surface area (TPSA) is 71.1 Å². The van der Waals surface area contributed by atoms with Crippen molar-refractivity contribution in [3.8, 4) is 0 Å². The van der Waals surface area contributed by atoms with Crippen LogP contribution in [-0.2, 0) is 16.0 Å². The average Bonchev–Trinajstić information content (AvgIpc) is 3.25. The lowest BCUT2D eigenvalue weighted by molar-refractivity contribution is -0.121. The van der Waals surface area contributed by atoms with Crippen LogP contribution in [0.1, 0.15) is 51.1 Å². The molecule has 1 aromatic heterocycles. The van der Waals surface area contributed by atoms with Gasteiger partial charge < -0.3 is 10.6 Å². The van der Waals surface area contributed by atoms with E-state index >= 15 is 0 Å². The Hall–Kier alpha value is -1.43. The lowest BCUT2D eigenvalue weighted by Crippen LogP contribution is -2.41. The van der Waals surface area contributed by atoms with Gasteiger partial charge in [-0.25, -0.2) is 4.98 Å². The van der Waals surface area contributed by atoms with E-state index in [9.17, 15) is 9.59 Å². The molecule has 22 heavy (non-hydrogen) atoms. The molecule has 0 aromatic carbocycles. The van der Waals surface area contributed by atoms with Gasteiger partial charge in [0.2, 0.25) is 11.8 Å². The fourth-order valence-electron chi connectivity index (χ4n) is 2.95. The Kier molecular flexibility index (Phi) is 4.76. The Bertz CT molecular complexity index is 553. The highest BCUT2D eigenvalue weighted by Crippen LogP contribution is 2.30. The van der Waals surface area contributed by atoms with Gasteiger partial charge in [-0.1, -0.05) is 19.8 Å². The lowest BCUT2D eigenvalue weighted by Gasteiger charge is -2.29. The third kappa shape index (κ3) is 4.06. The van der Waals surface area contributed by atoms with Crippen molar-refractivity contribution in [2.24, 2.45) is 11.8 Å². The molecule has 2 amide bonds. The molecule has 0 radical (unpaired) electrons. The predicted octanol–water partition coefficient (Wildman–Crippen LogP) is 2.73. The molecule has 3 rings (SSSR count). The first-order valence-electron chi connectivity index (χ1n) is 8.16. The number of nitrogens with one attached hydrogen (secondary N) is 2. The number of aromatic nitrogens is 1. The van der Waals surface area contributed by atoms with Crippen molar-refractivity contribution in [3.05, 3.63) is 11.1 Å². The van der Waals surface area contributed by atoms with E-state index in [1.807, 2.05) is 5.38 Å². The fourth-order valence-corrected chi connectivity index (χ4v) is 3.66. The minimum absolute atomic E-state index is 0.0316. The normalized spacial score (nSPS) is 24.8. The molecule has 2 N–H and O–H groups in total. The second-order valence-corrected chi connectivity index (χ2v) is 7.38. The maximum absolute atomic E-state index is 12.1. The largest absolute Gasteiger partial charge is 0.353 e. The third-order valence-corrected chi connectivity index (χ3v) is 5.34. The molecule has 6 heteroatoms. The SMILES string of the molecule is C[C@@H]1CCCC[C@@H]1NC(=O)Cc1csc(NC(=O)C2CC2)n1. The minimum atomic E-state index is 0.0316. The van der Waals surface area contributed by atoms with Gasteiger partial charge in [-0.05, 0) is 31.6 Å². The first-order chi connectivity index (χ1) is 10.6. The first kappa shape index (κ1) is 15.5. The Balaban J connectivity index is 1.48. The predicted molar refractivity (Wildman–Crippen MR) is 86.7 cm³/mol. The van der Waals surface area contributed by atoms with Crippen molar-refractivity contribution >= 4 is 28.3 Å². The van der Waals surface area contributed by atoms with E-state index in [0.717, 1.165) is 25.0 Å².